The van der Waals surface area contributed by atoms with E-state index in [4.69, 9.17) is 0 Å². The largest absolute Gasteiger partial charge is 0.353 e. The van der Waals surface area contributed by atoms with Gasteiger partial charge in [0.1, 0.15) is 15.8 Å². The number of nitrogens with one attached hydrogen (secondary N) is 1. The van der Waals surface area contributed by atoms with Crippen LogP contribution in [-0.2, 0) is 0 Å². The molecule has 0 fully saturated rings. The Morgan fingerprint density at radius 3 is 2.59 bits per heavy atom. The van der Waals surface area contributed by atoms with E-state index in [-0.39, 0.29) is 5.56 Å². The summed E-state index contributed by atoms with van der Waals surface area (Å²) in [6.45, 7) is 4.00. The first-order valence-electron chi connectivity index (χ1n) is 8.57. The monoisotopic (exact) mass is 371 g/mol. The number of nitrogens with zero attached hydrogens (tertiary/aromatic N) is 2. The summed E-state index contributed by atoms with van der Waals surface area (Å²) in [7, 11) is 0. The van der Waals surface area contributed by atoms with Crippen LogP contribution in [0.15, 0.2) is 65.5 Å². The quantitative estimate of drug-likeness (QED) is 0.533. The van der Waals surface area contributed by atoms with Crippen LogP contribution in [0.2, 0.25) is 0 Å². The maximum atomic E-state index is 12.7. The van der Waals surface area contributed by atoms with E-state index in [0.717, 1.165) is 38.4 Å². The summed E-state index contributed by atoms with van der Waals surface area (Å²) in [5, 5.41) is 13.9. The Balaban J connectivity index is 1.97. The molecule has 0 amide bonds. The lowest BCUT2D eigenvalue weighted by Gasteiger charge is -2.11. The molecule has 4 rings (SSSR count). The molecule has 0 unspecified atom stereocenters. The molecule has 0 radical (unpaired) electrons. The van der Waals surface area contributed by atoms with Gasteiger partial charge in [0.25, 0.3) is 5.56 Å². The summed E-state index contributed by atoms with van der Waals surface area (Å²) < 4.78 is 1.69. The van der Waals surface area contributed by atoms with Crippen molar-refractivity contribution in [3.05, 3.63) is 87.0 Å². The highest BCUT2D eigenvalue weighted by Crippen LogP contribution is 2.37. The third-order valence-electron chi connectivity index (χ3n) is 4.49. The molecule has 2 heterocycles. The Morgan fingerprint density at radius 2 is 1.85 bits per heavy atom. The van der Waals surface area contributed by atoms with E-state index in [2.05, 4.69) is 11.4 Å². The third kappa shape index (κ3) is 3.01. The molecule has 1 N–H and O–H groups in total. The number of hydrogen-bond acceptors (Lipinski definition) is 4. The Kier molecular flexibility index (Phi) is 4.27. The molecule has 4 aromatic rings. The lowest BCUT2D eigenvalue weighted by atomic mass is 10.2. The number of fused-ring (bicyclic) bond motifs is 1. The lowest BCUT2D eigenvalue weighted by molar-refractivity contribution is 1.04. The van der Waals surface area contributed by atoms with Gasteiger partial charge in [-0.1, -0.05) is 30.3 Å². The van der Waals surface area contributed by atoms with Gasteiger partial charge in [-0.3, -0.25) is 9.36 Å². The predicted molar refractivity (Wildman–Crippen MR) is 111 cm³/mol. The van der Waals surface area contributed by atoms with E-state index < -0.39 is 0 Å². The summed E-state index contributed by atoms with van der Waals surface area (Å²) in [6, 6.07) is 21.4. The van der Waals surface area contributed by atoms with Crippen LogP contribution < -0.4 is 10.9 Å². The lowest BCUT2D eigenvalue weighted by Crippen LogP contribution is -2.17. The number of benzene rings is 2. The van der Waals surface area contributed by atoms with Crippen molar-refractivity contribution in [1.82, 2.24) is 4.57 Å². The van der Waals surface area contributed by atoms with Crippen LogP contribution >= 0.6 is 11.3 Å². The van der Waals surface area contributed by atoms with Crippen LogP contribution in [0.1, 0.15) is 16.0 Å². The summed E-state index contributed by atoms with van der Waals surface area (Å²) >= 11 is 1.33. The SMILES string of the molecule is Cc1cccc(Nc2c(C#N)sc3c2ccc(=O)n3-c2ccccc2C)c1. The van der Waals surface area contributed by atoms with Gasteiger partial charge in [-0.05, 0) is 49.2 Å². The van der Waals surface area contributed by atoms with Crippen molar-refractivity contribution in [1.29, 1.82) is 5.26 Å². The van der Waals surface area contributed by atoms with Crippen molar-refractivity contribution < 1.29 is 0 Å². The van der Waals surface area contributed by atoms with E-state index in [9.17, 15) is 10.1 Å². The average Bonchev–Trinajstić information content (AvgIpc) is 3.00. The molecule has 0 saturated heterocycles. The number of thiophene rings is 1. The maximum Gasteiger partial charge on any atom is 0.256 e. The van der Waals surface area contributed by atoms with E-state index in [0.29, 0.717) is 4.88 Å². The minimum absolute atomic E-state index is 0.107. The molecule has 132 valence electrons. The summed E-state index contributed by atoms with van der Waals surface area (Å²) in [5.74, 6) is 0. The molecule has 4 nitrogen and oxygen atoms in total. The van der Waals surface area contributed by atoms with Crippen LogP contribution in [0.5, 0.6) is 0 Å². The van der Waals surface area contributed by atoms with E-state index in [1.54, 1.807) is 16.7 Å². The highest BCUT2D eigenvalue weighted by Gasteiger charge is 2.17. The summed E-state index contributed by atoms with van der Waals surface area (Å²) in [6.07, 6.45) is 0. The summed E-state index contributed by atoms with van der Waals surface area (Å²) in [4.78, 5) is 14.0. The molecule has 0 saturated carbocycles. The minimum atomic E-state index is -0.107. The number of aryl methyl sites for hydroxylation is 2. The van der Waals surface area contributed by atoms with Gasteiger partial charge in [0.2, 0.25) is 0 Å². The molecule has 0 spiro atoms. The van der Waals surface area contributed by atoms with Crippen molar-refractivity contribution >= 4 is 32.9 Å². The third-order valence-corrected chi connectivity index (χ3v) is 5.58. The Bertz CT molecular complexity index is 1260. The number of pyridine rings is 1. The van der Waals surface area contributed by atoms with Crippen molar-refractivity contribution in [2.45, 2.75) is 13.8 Å². The van der Waals surface area contributed by atoms with Crippen LogP contribution in [0.25, 0.3) is 15.9 Å². The highest BCUT2D eigenvalue weighted by atomic mass is 32.1. The molecule has 0 aliphatic carbocycles. The van der Waals surface area contributed by atoms with Crippen molar-refractivity contribution in [3.8, 4) is 11.8 Å². The van der Waals surface area contributed by atoms with Crippen LogP contribution in [-0.4, -0.2) is 4.57 Å². The Morgan fingerprint density at radius 1 is 1.04 bits per heavy atom. The molecular formula is C22H17N3OS. The zero-order valence-corrected chi connectivity index (χ0v) is 15.8. The van der Waals surface area contributed by atoms with Gasteiger partial charge in [-0.15, -0.1) is 11.3 Å². The number of hydrogen-bond donors (Lipinski definition) is 1. The van der Waals surface area contributed by atoms with Gasteiger partial charge >= 0.3 is 0 Å². The standard InChI is InChI=1S/C22H17N3OS/c1-14-6-5-8-16(12-14)24-21-17-10-11-20(26)25(22(17)27-19(21)13-23)18-9-4-3-7-15(18)2/h3-12,24H,1-2H3. The number of aromatic nitrogens is 1. The fourth-order valence-corrected chi connectivity index (χ4v) is 4.26. The minimum Gasteiger partial charge on any atom is -0.353 e. The fourth-order valence-electron chi connectivity index (χ4n) is 3.19. The van der Waals surface area contributed by atoms with Crippen LogP contribution in [0, 0.1) is 25.2 Å². The second-order valence-corrected chi connectivity index (χ2v) is 7.42. The van der Waals surface area contributed by atoms with Crippen molar-refractivity contribution in [2.24, 2.45) is 0 Å². The molecule has 5 heteroatoms. The van der Waals surface area contributed by atoms with Gasteiger partial charge in [0.05, 0.1) is 11.4 Å². The number of anilines is 2. The van der Waals surface area contributed by atoms with Crippen molar-refractivity contribution in [3.63, 3.8) is 0 Å². The molecule has 0 aliphatic heterocycles. The molecule has 2 aromatic heterocycles. The highest BCUT2D eigenvalue weighted by molar-refractivity contribution is 7.20. The van der Waals surface area contributed by atoms with Gasteiger partial charge in [-0.25, -0.2) is 0 Å². The first kappa shape index (κ1) is 17.1. The topological polar surface area (TPSA) is 57.8 Å². The van der Waals surface area contributed by atoms with E-state index in [1.165, 1.54) is 11.3 Å². The maximum absolute atomic E-state index is 12.7. The van der Waals surface area contributed by atoms with Crippen molar-refractivity contribution in [2.75, 3.05) is 5.32 Å². The van der Waals surface area contributed by atoms with Gasteiger partial charge < -0.3 is 5.32 Å². The van der Waals surface area contributed by atoms with Gasteiger partial charge in [0, 0.05) is 17.1 Å². The number of nitriles is 1. The molecule has 0 aliphatic rings. The Hall–Kier alpha value is -3.36. The van der Waals surface area contributed by atoms with Crippen LogP contribution in [0.4, 0.5) is 11.4 Å². The normalized spacial score (nSPS) is 10.7. The zero-order valence-electron chi connectivity index (χ0n) is 15.0. The first-order chi connectivity index (χ1) is 13.1. The predicted octanol–water partition coefficient (Wildman–Crippen LogP) is 5.28. The smallest absolute Gasteiger partial charge is 0.256 e. The van der Waals surface area contributed by atoms with Gasteiger partial charge in [-0.2, -0.15) is 5.26 Å². The average molecular weight is 371 g/mol. The summed E-state index contributed by atoms with van der Waals surface area (Å²) in [5.41, 5.74) is 4.53. The molecular weight excluding hydrogens is 354 g/mol. The number of rotatable bonds is 3. The Labute approximate surface area is 160 Å². The molecule has 0 bridgehead atoms. The van der Waals surface area contributed by atoms with E-state index >= 15 is 0 Å². The molecule has 2 aromatic carbocycles. The first-order valence-corrected chi connectivity index (χ1v) is 9.38. The second-order valence-electron chi connectivity index (χ2n) is 6.42. The zero-order chi connectivity index (χ0) is 19.0. The molecule has 0 atom stereocenters. The van der Waals surface area contributed by atoms with E-state index in [1.807, 2.05) is 62.4 Å². The number of para-hydroxylation sites is 1. The van der Waals surface area contributed by atoms with Crippen LogP contribution in [0.3, 0.4) is 0 Å². The van der Waals surface area contributed by atoms with Gasteiger partial charge in [0.15, 0.2) is 0 Å². The fraction of sp³-hybridized carbons (Fsp3) is 0.0909. The second kappa shape index (κ2) is 6.75. The molecule has 27 heavy (non-hydrogen) atoms.